The van der Waals surface area contributed by atoms with E-state index in [2.05, 4.69) is 30.7 Å². The Hall–Kier alpha value is -0.830. The van der Waals surface area contributed by atoms with Crippen molar-refractivity contribution in [1.82, 2.24) is 9.97 Å². The summed E-state index contributed by atoms with van der Waals surface area (Å²) in [4.78, 5) is 8.70. The Morgan fingerprint density at radius 3 is 2.47 bits per heavy atom. The summed E-state index contributed by atoms with van der Waals surface area (Å²) >= 11 is 6.01. The van der Waals surface area contributed by atoms with Crippen LogP contribution in [0.3, 0.4) is 0 Å². The van der Waals surface area contributed by atoms with E-state index in [1.54, 1.807) is 6.07 Å². The maximum atomic E-state index is 6.01. The first-order valence-electron chi connectivity index (χ1n) is 6.17. The van der Waals surface area contributed by atoms with Crippen molar-refractivity contribution in [1.29, 1.82) is 0 Å². The van der Waals surface area contributed by atoms with Gasteiger partial charge in [-0.1, -0.05) is 32.4 Å². The molecule has 0 amide bonds. The molecule has 2 rings (SSSR count). The first-order valence-corrected chi connectivity index (χ1v) is 6.55. The van der Waals surface area contributed by atoms with Crippen molar-refractivity contribution in [2.75, 3.05) is 0 Å². The fraction of sp³-hybridized carbons (Fsp3) is 0.692. The quantitative estimate of drug-likeness (QED) is 0.754. The molecule has 0 unspecified atom stereocenters. The average Bonchev–Trinajstić information content (AvgIpc) is 2.68. The molecule has 1 fully saturated rings. The highest BCUT2D eigenvalue weighted by Crippen LogP contribution is 2.27. The molecule has 0 atom stereocenters. The number of nitrogens with zero attached hydrogens (tertiary/aromatic N) is 2. The maximum absolute atomic E-state index is 6.01. The molecule has 1 heterocycles. The maximum Gasteiger partial charge on any atom is 0.218 e. The fourth-order valence-electron chi connectivity index (χ4n) is 1.97. The lowest BCUT2D eigenvalue weighted by molar-refractivity contribution is 0.199. The summed E-state index contributed by atoms with van der Waals surface area (Å²) < 4.78 is 5.86. The third-order valence-corrected chi connectivity index (χ3v) is 3.13. The number of ether oxygens (including phenoxy) is 1. The monoisotopic (exact) mass is 254 g/mol. The van der Waals surface area contributed by atoms with E-state index in [1.165, 1.54) is 12.8 Å². The van der Waals surface area contributed by atoms with E-state index < -0.39 is 0 Å². The van der Waals surface area contributed by atoms with Crippen molar-refractivity contribution in [2.24, 2.45) is 0 Å². The van der Waals surface area contributed by atoms with Gasteiger partial charge in [0.05, 0.1) is 0 Å². The van der Waals surface area contributed by atoms with Crippen LogP contribution in [0.25, 0.3) is 0 Å². The normalized spacial score (nSPS) is 17.4. The predicted octanol–water partition coefficient (Wildman–Crippen LogP) is 3.75. The lowest BCUT2D eigenvalue weighted by Crippen LogP contribution is -2.18. The van der Waals surface area contributed by atoms with Crippen molar-refractivity contribution in [3.8, 4) is 5.88 Å². The van der Waals surface area contributed by atoms with Gasteiger partial charge in [-0.2, -0.15) is 4.98 Å². The summed E-state index contributed by atoms with van der Waals surface area (Å²) in [5, 5.41) is 0.456. The summed E-state index contributed by atoms with van der Waals surface area (Å²) in [6.07, 6.45) is 5.03. The Morgan fingerprint density at radius 2 is 1.88 bits per heavy atom. The molecule has 0 spiro atoms. The molecular formula is C13H19ClN2O. The largest absolute Gasteiger partial charge is 0.474 e. The SMILES string of the molecule is CC(C)(C)c1nc(Cl)cc(OC2CCCC2)n1. The zero-order chi connectivity index (χ0) is 12.5. The summed E-state index contributed by atoms with van der Waals surface area (Å²) in [6.45, 7) is 6.20. The van der Waals surface area contributed by atoms with Crippen LogP contribution >= 0.6 is 11.6 Å². The predicted molar refractivity (Wildman–Crippen MR) is 68.6 cm³/mol. The zero-order valence-corrected chi connectivity index (χ0v) is 11.4. The van der Waals surface area contributed by atoms with Crippen molar-refractivity contribution in [2.45, 2.75) is 58.0 Å². The van der Waals surface area contributed by atoms with Gasteiger partial charge in [-0.25, -0.2) is 4.98 Å². The van der Waals surface area contributed by atoms with Crippen LogP contribution in [0.5, 0.6) is 5.88 Å². The van der Waals surface area contributed by atoms with Gasteiger partial charge in [0.15, 0.2) is 0 Å². The lowest BCUT2D eigenvalue weighted by atomic mass is 9.96. The Kier molecular flexibility index (Phi) is 3.57. The molecule has 94 valence electrons. The van der Waals surface area contributed by atoms with Crippen LogP contribution in [0.1, 0.15) is 52.3 Å². The molecule has 1 aromatic rings. The summed E-state index contributed by atoms with van der Waals surface area (Å²) in [7, 11) is 0. The molecule has 0 radical (unpaired) electrons. The van der Waals surface area contributed by atoms with E-state index in [-0.39, 0.29) is 5.41 Å². The van der Waals surface area contributed by atoms with Crippen molar-refractivity contribution >= 4 is 11.6 Å². The van der Waals surface area contributed by atoms with Crippen LogP contribution in [-0.4, -0.2) is 16.1 Å². The number of rotatable bonds is 2. The molecule has 0 bridgehead atoms. The first kappa shape index (κ1) is 12.6. The third-order valence-electron chi connectivity index (χ3n) is 2.93. The smallest absolute Gasteiger partial charge is 0.218 e. The molecule has 0 saturated heterocycles. The highest BCUT2D eigenvalue weighted by molar-refractivity contribution is 6.29. The van der Waals surface area contributed by atoms with Crippen LogP contribution in [0, 0.1) is 0 Å². The second kappa shape index (κ2) is 4.81. The first-order chi connectivity index (χ1) is 7.95. The average molecular weight is 255 g/mol. The second-order valence-corrected chi connectivity index (χ2v) is 6.01. The molecule has 0 aliphatic heterocycles. The molecule has 1 saturated carbocycles. The highest BCUT2D eigenvalue weighted by atomic mass is 35.5. The van der Waals surface area contributed by atoms with E-state index in [1.807, 2.05) is 0 Å². The van der Waals surface area contributed by atoms with Crippen LogP contribution in [0.4, 0.5) is 0 Å². The fourth-order valence-corrected chi connectivity index (χ4v) is 2.14. The van der Waals surface area contributed by atoms with Gasteiger partial charge >= 0.3 is 0 Å². The zero-order valence-electron chi connectivity index (χ0n) is 10.7. The van der Waals surface area contributed by atoms with Crippen molar-refractivity contribution in [3.05, 3.63) is 17.0 Å². The summed E-state index contributed by atoms with van der Waals surface area (Å²) in [5.41, 5.74) is -0.112. The Bertz CT molecular complexity index is 395. The Labute approximate surface area is 108 Å². The molecule has 1 aromatic heterocycles. The number of hydrogen-bond donors (Lipinski definition) is 0. The number of aromatic nitrogens is 2. The van der Waals surface area contributed by atoms with Crippen molar-refractivity contribution < 1.29 is 4.74 Å². The minimum absolute atomic E-state index is 0.112. The van der Waals surface area contributed by atoms with Gasteiger partial charge in [-0.05, 0) is 25.7 Å². The van der Waals surface area contributed by atoms with E-state index in [0.29, 0.717) is 17.1 Å². The highest BCUT2D eigenvalue weighted by Gasteiger charge is 2.21. The Morgan fingerprint density at radius 1 is 1.24 bits per heavy atom. The molecular weight excluding hydrogens is 236 g/mol. The van der Waals surface area contributed by atoms with Crippen LogP contribution < -0.4 is 4.74 Å². The number of hydrogen-bond acceptors (Lipinski definition) is 3. The molecule has 1 aliphatic carbocycles. The minimum Gasteiger partial charge on any atom is -0.474 e. The van der Waals surface area contributed by atoms with Gasteiger partial charge in [0, 0.05) is 11.5 Å². The standard InChI is InChI=1S/C13H19ClN2O/c1-13(2,3)12-15-10(14)8-11(16-12)17-9-6-4-5-7-9/h8-9H,4-7H2,1-3H3. The second-order valence-electron chi connectivity index (χ2n) is 5.63. The summed E-state index contributed by atoms with van der Waals surface area (Å²) in [6, 6.07) is 1.70. The summed E-state index contributed by atoms with van der Waals surface area (Å²) in [5.74, 6) is 1.35. The lowest BCUT2D eigenvalue weighted by Gasteiger charge is -2.19. The van der Waals surface area contributed by atoms with Gasteiger partial charge < -0.3 is 4.74 Å². The van der Waals surface area contributed by atoms with Gasteiger partial charge in [-0.3, -0.25) is 0 Å². The van der Waals surface area contributed by atoms with Crippen LogP contribution in [-0.2, 0) is 5.41 Å². The van der Waals surface area contributed by atoms with E-state index >= 15 is 0 Å². The van der Waals surface area contributed by atoms with Crippen molar-refractivity contribution in [3.63, 3.8) is 0 Å². The van der Waals surface area contributed by atoms with Crippen LogP contribution in [0.15, 0.2) is 6.07 Å². The third kappa shape index (κ3) is 3.32. The topological polar surface area (TPSA) is 35.0 Å². The van der Waals surface area contributed by atoms with E-state index in [9.17, 15) is 0 Å². The molecule has 17 heavy (non-hydrogen) atoms. The Balaban J connectivity index is 2.19. The van der Waals surface area contributed by atoms with Crippen LogP contribution in [0.2, 0.25) is 5.15 Å². The molecule has 4 heteroatoms. The number of halogens is 1. The van der Waals surface area contributed by atoms with Gasteiger partial charge in [0.2, 0.25) is 5.88 Å². The molecule has 3 nitrogen and oxygen atoms in total. The molecule has 0 N–H and O–H groups in total. The minimum atomic E-state index is -0.112. The van der Waals surface area contributed by atoms with E-state index in [0.717, 1.165) is 18.7 Å². The van der Waals surface area contributed by atoms with Gasteiger partial charge in [0.25, 0.3) is 0 Å². The molecule has 1 aliphatic rings. The van der Waals surface area contributed by atoms with Gasteiger partial charge in [-0.15, -0.1) is 0 Å². The molecule has 0 aromatic carbocycles. The van der Waals surface area contributed by atoms with E-state index in [4.69, 9.17) is 16.3 Å². The van der Waals surface area contributed by atoms with Gasteiger partial charge in [0.1, 0.15) is 17.1 Å².